The van der Waals surface area contributed by atoms with E-state index in [0.29, 0.717) is 0 Å². The van der Waals surface area contributed by atoms with Gasteiger partial charge in [0.05, 0.1) is 13.2 Å². The Morgan fingerprint density at radius 3 is 2.65 bits per heavy atom. The van der Waals surface area contributed by atoms with Gasteiger partial charge >= 0.3 is 0 Å². The lowest BCUT2D eigenvalue weighted by Crippen LogP contribution is -1.99. The summed E-state index contributed by atoms with van der Waals surface area (Å²) in [7, 11) is 1.69. The Labute approximate surface area is 121 Å². The fourth-order valence-corrected chi connectivity index (χ4v) is 2.44. The Balaban J connectivity index is 1.89. The average Bonchev–Trinajstić information content (AvgIpc) is 2.47. The van der Waals surface area contributed by atoms with Gasteiger partial charge in [0.1, 0.15) is 5.75 Å². The van der Waals surface area contributed by atoms with Gasteiger partial charge in [0.25, 0.3) is 0 Å². The van der Waals surface area contributed by atoms with E-state index in [9.17, 15) is 5.11 Å². The van der Waals surface area contributed by atoms with E-state index >= 15 is 0 Å². The third kappa shape index (κ3) is 3.84. The Morgan fingerprint density at radius 1 is 1.10 bits per heavy atom. The normalized spacial score (nSPS) is 12.2. The number of aryl methyl sites for hydroxylation is 2. The Hall–Kier alpha value is -1.80. The molecule has 106 valence electrons. The second-order valence-electron chi connectivity index (χ2n) is 5.13. The van der Waals surface area contributed by atoms with Crippen molar-refractivity contribution in [3.05, 3.63) is 65.2 Å². The predicted octanol–water partition coefficient (Wildman–Crippen LogP) is 4.06. The third-order valence-electron chi connectivity index (χ3n) is 3.54. The molecule has 0 amide bonds. The van der Waals surface area contributed by atoms with Gasteiger partial charge in [-0.05, 0) is 43.4 Å². The summed E-state index contributed by atoms with van der Waals surface area (Å²) >= 11 is 0. The molecule has 0 fully saturated rings. The molecule has 0 aliphatic rings. The van der Waals surface area contributed by atoms with Crippen LogP contribution >= 0.6 is 0 Å². The van der Waals surface area contributed by atoms with Crippen LogP contribution in [0.4, 0.5) is 0 Å². The van der Waals surface area contributed by atoms with Gasteiger partial charge < -0.3 is 9.84 Å². The zero-order chi connectivity index (χ0) is 14.4. The SMILES string of the molecule is COc1ccccc1CCC[C@H](O)c1cccc(C)c1. The van der Waals surface area contributed by atoms with Gasteiger partial charge in [0.2, 0.25) is 0 Å². The second-order valence-corrected chi connectivity index (χ2v) is 5.13. The van der Waals surface area contributed by atoms with E-state index < -0.39 is 0 Å². The van der Waals surface area contributed by atoms with Gasteiger partial charge in [-0.2, -0.15) is 0 Å². The lowest BCUT2D eigenvalue weighted by molar-refractivity contribution is 0.164. The van der Waals surface area contributed by atoms with Crippen LogP contribution in [0.2, 0.25) is 0 Å². The van der Waals surface area contributed by atoms with Crippen LogP contribution < -0.4 is 4.74 Å². The van der Waals surface area contributed by atoms with E-state index in [1.54, 1.807) is 7.11 Å². The highest BCUT2D eigenvalue weighted by Crippen LogP contribution is 2.23. The lowest BCUT2D eigenvalue weighted by atomic mass is 10.00. The van der Waals surface area contributed by atoms with Crippen LogP contribution in [-0.4, -0.2) is 12.2 Å². The molecule has 2 nitrogen and oxygen atoms in total. The van der Waals surface area contributed by atoms with Crippen LogP contribution in [-0.2, 0) is 6.42 Å². The summed E-state index contributed by atoms with van der Waals surface area (Å²) in [5.41, 5.74) is 3.39. The lowest BCUT2D eigenvalue weighted by Gasteiger charge is -2.12. The van der Waals surface area contributed by atoms with E-state index in [-0.39, 0.29) is 6.10 Å². The summed E-state index contributed by atoms with van der Waals surface area (Å²) in [6.45, 7) is 2.05. The highest BCUT2D eigenvalue weighted by atomic mass is 16.5. The summed E-state index contributed by atoms with van der Waals surface area (Å²) in [5, 5.41) is 10.2. The summed E-state index contributed by atoms with van der Waals surface area (Å²) in [5.74, 6) is 0.928. The zero-order valence-corrected chi connectivity index (χ0v) is 12.2. The van der Waals surface area contributed by atoms with Gasteiger partial charge in [-0.3, -0.25) is 0 Å². The Morgan fingerprint density at radius 2 is 1.90 bits per heavy atom. The quantitative estimate of drug-likeness (QED) is 0.857. The number of aliphatic hydroxyl groups excluding tert-OH is 1. The van der Waals surface area contributed by atoms with E-state index in [2.05, 4.69) is 6.07 Å². The van der Waals surface area contributed by atoms with Crippen molar-refractivity contribution in [3.8, 4) is 5.75 Å². The van der Waals surface area contributed by atoms with Gasteiger partial charge in [-0.1, -0.05) is 48.0 Å². The summed E-state index contributed by atoms with van der Waals surface area (Å²) in [6, 6.07) is 16.1. The molecule has 2 heteroatoms. The summed E-state index contributed by atoms with van der Waals surface area (Å²) < 4.78 is 5.34. The number of hydrogen-bond acceptors (Lipinski definition) is 2. The van der Waals surface area contributed by atoms with Crippen molar-refractivity contribution in [2.45, 2.75) is 32.3 Å². The van der Waals surface area contributed by atoms with E-state index in [4.69, 9.17) is 4.74 Å². The highest BCUT2D eigenvalue weighted by molar-refractivity contribution is 5.33. The minimum atomic E-state index is -0.385. The van der Waals surface area contributed by atoms with Crippen LogP contribution in [0, 0.1) is 6.92 Å². The fourth-order valence-electron chi connectivity index (χ4n) is 2.44. The first-order chi connectivity index (χ1) is 9.70. The first-order valence-electron chi connectivity index (χ1n) is 7.07. The van der Waals surface area contributed by atoms with Gasteiger partial charge in [0.15, 0.2) is 0 Å². The van der Waals surface area contributed by atoms with E-state index in [1.165, 1.54) is 11.1 Å². The maximum absolute atomic E-state index is 10.2. The van der Waals surface area contributed by atoms with Crippen molar-refractivity contribution in [1.82, 2.24) is 0 Å². The van der Waals surface area contributed by atoms with Gasteiger partial charge in [-0.25, -0.2) is 0 Å². The minimum Gasteiger partial charge on any atom is -0.496 e. The predicted molar refractivity (Wildman–Crippen MR) is 82.1 cm³/mol. The Kier molecular flexibility index (Phi) is 5.19. The van der Waals surface area contributed by atoms with Crippen molar-refractivity contribution in [3.63, 3.8) is 0 Å². The number of rotatable bonds is 6. The summed E-state index contributed by atoms with van der Waals surface area (Å²) in [6.07, 6.45) is 2.24. The number of benzene rings is 2. The molecule has 1 N–H and O–H groups in total. The van der Waals surface area contributed by atoms with Crippen molar-refractivity contribution in [2.24, 2.45) is 0 Å². The number of ether oxygens (including phenoxy) is 1. The number of hydrogen-bond donors (Lipinski definition) is 1. The molecule has 0 radical (unpaired) electrons. The average molecular weight is 270 g/mol. The van der Waals surface area contributed by atoms with Gasteiger partial charge in [-0.15, -0.1) is 0 Å². The highest BCUT2D eigenvalue weighted by Gasteiger charge is 2.08. The zero-order valence-electron chi connectivity index (χ0n) is 12.2. The molecule has 0 spiro atoms. The van der Waals surface area contributed by atoms with E-state index in [1.807, 2.05) is 49.4 Å². The van der Waals surface area contributed by atoms with Crippen molar-refractivity contribution in [2.75, 3.05) is 7.11 Å². The van der Waals surface area contributed by atoms with Gasteiger partial charge in [0, 0.05) is 0 Å². The molecule has 1 atom stereocenters. The molecule has 2 aromatic carbocycles. The Bertz CT molecular complexity index is 549. The molecule has 0 heterocycles. The molecule has 0 aliphatic carbocycles. The van der Waals surface area contributed by atoms with Crippen LogP contribution in [0.15, 0.2) is 48.5 Å². The maximum atomic E-state index is 10.2. The smallest absolute Gasteiger partial charge is 0.122 e. The van der Waals surface area contributed by atoms with Crippen LogP contribution in [0.25, 0.3) is 0 Å². The molecule has 0 unspecified atom stereocenters. The molecular formula is C18H22O2. The molecule has 2 rings (SSSR count). The van der Waals surface area contributed by atoms with Crippen molar-refractivity contribution >= 4 is 0 Å². The number of para-hydroxylation sites is 1. The topological polar surface area (TPSA) is 29.5 Å². The maximum Gasteiger partial charge on any atom is 0.122 e. The third-order valence-corrected chi connectivity index (χ3v) is 3.54. The first kappa shape index (κ1) is 14.6. The van der Waals surface area contributed by atoms with Crippen LogP contribution in [0.1, 0.15) is 35.6 Å². The van der Waals surface area contributed by atoms with Crippen molar-refractivity contribution < 1.29 is 9.84 Å². The van der Waals surface area contributed by atoms with Crippen molar-refractivity contribution in [1.29, 1.82) is 0 Å². The number of methoxy groups -OCH3 is 1. The molecular weight excluding hydrogens is 248 g/mol. The summed E-state index contributed by atoms with van der Waals surface area (Å²) in [4.78, 5) is 0. The second kappa shape index (κ2) is 7.11. The first-order valence-corrected chi connectivity index (χ1v) is 7.07. The monoisotopic (exact) mass is 270 g/mol. The molecule has 0 aliphatic heterocycles. The minimum absolute atomic E-state index is 0.385. The largest absolute Gasteiger partial charge is 0.496 e. The molecule has 0 saturated heterocycles. The van der Waals surface area contributed by atoms with Crippen LogP contribution in [0.3, 0.4) is 0 Å². The van der Waals surface area contributed by atoms with Crippen LogP contribution in [0.5, 0.6) is 5.75 Å². The molecule has 2 aromatic rings. The standard InChI is InChI=1S/C18H22O2/c1-14-7-5-10-16(13-14)17(19)11-6-9-15-8-3-4-12-18(15)20-2/h3-5,7-8,10,12-13,17,19H,6,9,11H2,1-2H3/t17-/m0/s1. The molecule has 0 saturated carbocycles. The molecule has 20 heavy (non-hydrogen) atoms. The van der Waals surface area contributed by atoms with E-state index in [0.717, 1.165) is 30.6 Å². The number of aliphatic hydroxyl groups is 1. The fraction of sp³-hybridized carbons (Fsp3) is 0.333. The molecule has 0 bridgehead atoms. The molecule has 0 aromatic heterocycles.